The van der Waals surface area contributed by atoms with Crippen LogP contribution in [-0.4, -0.2) is 7.11 Å². The lowest BCUT2D eigenvalue weighted by Crippen LogP contribution is -2.29. The van der Waals surface area contributed by atoms with E-state index in [2.05, 4.69) is 17.6 Å². The summed E-state index contributed by atoms with van der Waals surface area (Å²) in [5, 5.41) is 0.670. The Morgan fingerprint density at radius 3 is 2.58 bits per heavy atom. The molecule has 1 atom stereocenters. The van der Waals surface area contributed by atoms with Gasteiger partial charge in [-0.15, -0.1) is 0 Å². The third kappa shape index (κ3) is 3.47. The van der Waals surface area contributed by atoms with Gasteiger partial charge in [0.05, 0.1) is 13.2 Å². The van der Waals surface area contributed by atoms with E-state index in [1.54, 1.807) is 13.2 Å². The summed E-state index contributed by atoms with van der Waals surface area (Å²) in [6.07, 6.45) is 0.772. The highest BCUT2D eigenvalue weighted by molar-refractivity contribution is 6.30. The largest absolute Gasteiger partial charge is 0.496 e. The third-order valence-electron chi connectivity index (χ3n) is 3.05. The SMILES string of the molecule is COc1ccc(Cl)cc1C(Cc1ccccc1)NN. The Labute approximate surface area is 118 Å². The van der Waals surface area contributed by atoms with Crippen LogP contribution in [0.4, 0.5) is 0 Å². The number of benzene rings is 2. The summed E-state index contributed by atoms with van der Waals surface area (Å²) in [5.41, 5.74) is 4.99. The van der Waals surface area contributed by atoms with E-state index in [1.165, 1.54) is 5.56 Å². The number of hydrogen-bond acceptors (Lipinski definition) is 3. The maximum absolute atomic E-state index is 6.05. The van der Waals surface area contributed by atoms with Crippen LogP contribution in [-0.2, 0) is 6.42 Å². The number of halogens is 1. The van der Waals surface area contributed by atoms with Crippen LogP contribution < -0.4 is 16.0 Å². The lowest BCUT2D eigenvalue weighted by atomic mass is 9.98. The molecule has 100 valence electrons. The minimum atomic E-state index is -0.0453. The van der Waals surface area contributed by atoms with Crippen molar-refractivity contribution in [3.05, 3.63) is 64.7 Å². The second-order valence-corrected chi connectivity index (χ2v) is 4.73. The lowest BCUT2D eigenvalue weighted by molar-refractivity contribution is 0.399. The zero-order valence-corrected chi connectivity index (χ0v) is 11.5. The van der Waals surface area contributed by atoms with E-state index < -0.39 is 0 Å². The molecule has 19 heavy (non-hydrogen) atoms. The first-order chi connectivity index (χ1) is 9.24. The minimum Gasteiger partial charge on any atom is -0.496 e. The molecule has 2 aromatic rings. The summed E-state index contributed by atoms with van der Waals surface area (Å²) >= 11 is 6.05. The standard InChI is InChI=1S/C15H17ClN2O/c1-19-15-8-7-12(16)10-13(15)14(18-17)9-11-5-3-2-4-6-11/h2-8,10,14,18H,9,17H2,1H3. The summed E-state index contributed by atoms with van der Waals surface area (Å²) in [7, 11) is 1.64. The molecule has 0 fully saturated rings. The Balaban J connectivity index is 2.29. The van der Waals surface area contributed by atoms with Gasteiger partial charge in [0.25, 0.3) is 0 Å². The first-order valence-corrected chi connectivity index (χ1v) is 6.46. The summed E-state index contributed by atoms with van der Waals surface area (Å²) in [6.45, 7) is 0. The maximum Gasteiger partial charge on any atom is 0.123 e. The van der Waals surface area contributed by atoms with E-state index in [1.807, 2.05) is 30.3 Å². The Morgan fingerprint density at radius 1 is 1.21 bits per heavy atom. The van der Waals surface area contributed by atoms with Crippen molar-refractivity contribution < 1.29 is 4.74 Å². The average Bonchev–Trinajstić information content (AvgIpc) is 2.46. The van der Waals surface area contributed by atoms with Gasteiger partial charge in [-0.05, 0) is 30.2 Å². The molecule has 2 aromatic carbocycles. The van der Waals surface area contributed by atoms with Crippen LogP contribution in [0.15, 0.2) is 48.5 Å². The van der Waals surface area contributed by atoms with Crippen molar-refractivity contribution in [2.75, 3.05) is 7.11 Å². The van der Waals surface area contributed by atoms with E-state index >= 15 is 0 Å². The van der Waals surface area contributed by atoms with Gasteiger partial charge in [0.2, 0.25) is 0 Å². The van der Waals surface area contributed by atoms with E-state index in [9.17, 15) is 0 Å². The summed E-state index contributed by atoms with van der Waals surface area (Å²) in [4.78, 5) is 0. The molecule has 0 aliphatic carbocycles. The number of hydrogen-bond donors (Lipinski definition) is 2. The van der Waals surface area contributed by atoms with Crippen molar-refractivity contribution in [2.45, 2.75) is 12.5 Å². The molecule has 0 heterocycles. The van der Waals surface area contributed by atoms with Gasteiger partial charge in [-0.3, -0.25) is 11.3 Å². The van der Waals surface area contributed by atoms with E-state index in [4.69, 9.17) is 22.2 Å². The van der Waals surface area contributed by atoms with Crippen LogP contribution in [0.5, 0.6) is 5.75 Å². The summed E-state index contributed by atoms with van der Waals surface area (Å²) in [5.74, 6) is 6.46. The van der Waals surface area contributed by atoms with E-state index in [-0.39, 0.29) is 6.04 Å². The molecule has 0 aliphatic heterocycles. The number of nitrogens with two attached hydrogens (primary N) is 1. The average molecular weight is 277 g/mol. The smallest absolute Gasteiger partial charge is 0.123 e. The molecule has 0 saturated carbocycles. The predicted octanol–water partition coefficient (Wildman–Crippen LogP) is 3.10. The molecule has 0 spiro atoms. The quantitative estimate of drug-likeness (QED) is 0.652. The molecule has 0 radical (unpaired) electrons. The topological polar surface area (TPSA) is 47.3 Å². The highest BCUT2D eigenvalue weighted by atomic mass is 35.5. The monoisotopic (exact) mass is 276 g/mol. The zero-order chi connectivity index (χ0) is 13.7. The molecule has 3 N–H and O–H groups in total. The van der Waals surface area contributed by atoms with Crippen LogP contribution in [0.3, 0.4) is 0 Å². The van der Waals surface area contributed by atoms with Crippen molar-refractivity contribution in [3.8, 4) is 5.75 Å². The maximum atomic E-state index is 6.05. The van der Waals surface area contributed by atoms with Gasteiger partial charge in [-0.2, -0.15) is 0 Å². The lowest BCUT2D eigenvalue weighted by Gasteiger charge is -2.19. The highest BCUT2D eigenvalue weighted by Gasteiger charge is 2.15. The molecular formula is C15H17ClN2O. The van der Waals surface area contributed by atoms with Gasteiger partial charge in [-0.25, -0.2) is 0 Å². The van der Waals surface area contributed by atoms with Crippen molar-refractivity contribution in [2.24, 2.45) is 5.84 Å². The molecule has 1 unspecified atom stereocenters. The van der Waals surface area contributed by atoms with E-state index in [0.717, 1.165) is 17.7 Å². The zero-order valence-electron chi connectivity index (χ0n) is 10.8. The van der Waals surface area contributed by atoms with Crippen molar-refractivity contribution in [3.63, 3.8) is 0 Å². The summed E-state index contributed by atoms with van der Waals surface area (Å²) < 4.78 is 5.37. The molecule has 0 saturated heterocycles. The molecule has 0 bridgehead atoms. The van der Waals surface area contributed by atoms with Crippen LogP contribution >= 0.6 is 11.6 Å². The molecule has 4 heteroatoms. The highest BCUT2D eigenvalue weighted by Crippen LogP contribution is 2.29. The number of ether oxygens (including phenoxy) is 1. The first-order valence-electron chi connectivity index (χ1n) is 6.08. The Hall–Kier alpha value is -1.55. The Morgan fingerprint density at radius 2 is 1.95 bits per heavy atom. The second-order valence-electron chi connectivity index (χ2n) is 4.30. The molecule has 0 aromatic heterocycles. The fourth-order valence-corrected chi connectivity index (χ4v) is 2.27. The van der Waals surface area contributed by atoms with Crippen LogP contribution in [0.25, 0.3) is 0 Å². The van der Waals surface area contributed by atoms with Crippen LogP contribution in [0.2, 0.25) is 5.02 Å². The Bertz CT molecular complexity index is 531. The van der Waals surface area contributed by atoms with Gasteiger partial charge in [-0.1, -0.05) is 41.9 Å². The predicted molar refractivity (Wildman–Crippen MR) is 78.2 cm³/mol. The van der Waals surface area contributed by atoms with E-state index in [0.29, 0.717) is 5.02 Å². The van der Waals surface area contributed by atoms with Crippen molar-refractivity contribution >= 4 is 11.6 Å². The van der Waals surface area contributed by atoms with Gasteiger partial charge in [0, 0.05) is 10.6 Å². The van der Waals surface area contributed by atoms with Gasteiger partial charge in [0.15, 0.2) is 0 Å². The second kappa shape index (κ2) is 6.57. The van der Waals surface area contributed by atoms with Crippen LogP contribution in [0, 0.1) is 0 Å². The number of rotatable bonds is 5. The van der Waals surface area contributed by atoms with Gasteiger partial charge < -0.3 is 4.74 Å². The molecule has 2 rings (SSSR count). The number of methoxy groups -OCH3 is 1. The molecule has 0 aliphatic rings. The van der Waals surface area contributed by atoms with Crippen LogP contribution in [0.1, 0.15) is 17.2 Å². The molecular weight excluding hydrogens is 260 g/mol. The van der Waals surface area contributed by atoms with Crippen molar-refractivity contribution in [1.82, 2.24) is 5.43 Å². The number of hydrazine groups is 1. The fraction of sp³-hybridized carbons (Fsp3) is 0.200. The third-order valence-corrected chi connectivity index (χ3v) is 3.29. The van der Waals surface area contributed by atoms with Gasteiger partial charge >= 0.3 is 0 Å². The molecule has 3 nitrogen and oxygen atoms in total. The minimum absolute atomic E-state index is 0.0453. The van der Waals surface area contributed by atoms with Crippen molar-refractivity contribution in [1.29, 1.82) is 0 Å². The first kappa shape index (κ1) is 13.9. The fourth-order valence-electron chi connectivity index (χ4n) is 2.09. The number of nitrogens with one attached hydrogen (secondary N) is 1. The Kier molecular flexibility index (Phi) is 4.80. The normalized spacial score (nSPS) is 12.2. The van der Waals surface area contributed by atoms with Gasteiger partial charge in [0.1, 0.15) is 5.75 Å². The molecule has 0 amide bonds. The summed E-state index contributed by atoms with van der Waals surface area (Å²) in [6, 6.07) is 15.7.